The fourth-order valence-corrected chi connectivity index (χ4v) is 5.28. The Kier molecular flexibility index (Phi) is 6.38. The van der Waals surface area contributed by atoms with E-state index in [-0.39, 0.29) is 35.9 Å². The van der Waals surface area contributed by atoms with Gasteiger partial charge in [-0.05, 0) is 54.9 Å². The molecule has 176 valence electrons. The second-order valence-corrected chi connectivity index (χ2v) is 9.53. The molecule has 2 amide bonds. The summed E-state index contributed by atoms with van der Waals surface area (Å²) in [6.45, 7) is 5.01. The first-order chi connectivity index (χ1) is 15.7. The van der Waals surface area contributed by atoms with Crippen molar-refractivity contribution in [1.82, 2.24) is 9.47 Å². The van der Waals surface area contributed by atoms with Gasteiger partial charge < -0.3 is 19.9 Å². The number of primary amides is 1. The third-order valence-corrected chi connectivity index (χ3v) is 6.99. The molecule has 0 radical (unpaired) electrons. The lowest BCUT2D eigenvalue weighted by Gasteiger charge is -2.48. The van der Waals surface area contributed by atoms with E-state index in [0.29, 0.717) is 24.6 Å². The van der Waals surface area contributed by atoms with Crippen LogP contribution in [0.25, 0.3) is 0 Å². The first-order valence-electron chi connectivity index (χ1n) is 11.4. The van der Waals surface area contributed by atoms with E-state index >= 15 is 0 Å². The number of pyridine rings is 1. The number of nitrogens with two attached hydrogens (primary N) is 1. The second kappa shape index (κ2) is 9.09. The predicted octanol–water partition coefficient (Wildman–Crippen LogP) is 2.88. The minimum atomic E-state index is -0.647. The number of carbonyl (C=O) groups is 2. The smallest absolute Gasteiger partial charge is 0.255 e. The molecule has 3 atom stereocenters. The van der Waals surface area contributed by atoms with Crippen LogP contribution in [0.2, 0.25) is 0 Å². The largest absolute Gasteiger partial charge is 0.371 e. The zero-order valence-electron chi connectivity index (χ0n) is 19.0. The van der Waals surface area contributed by atoms with Crippen molar-refractivity contribution in [1.29, 1.82) is 0 Å². The van der Waals surface area contributed by atoms with Gasteiger partial charge in [0.15, 0.2) is 0 Å². The molecule has 3 heterocycles. The van der Waals surface area contributed by atoms with Gasteiger partial charge in [0.25, 0.3) is 11.5 Å². The quantitative estimate of drug-likeness (QED) is 0.750. The number of halogens is 1. The van der Waals surface area contributed by atoms with Gasteiger partial charge in [0.1, 0.15) is 12.4 Å². The molecule has 2 aromatic rings. The number of benzene rings is 1. The van der Waals surface area contributed by atoms with Gasteiger partial charge in [0.05, 0.1) is 23.8 Å². The number of likely N-dealkylation sites (tertiary alicyclic amines) is 1. The molecular formula is C25H30FN3O4. The Morgan fingerprint density at radius 3 is 2.61 bits per heavy atom. The second-order valence-electron chi connectivity index (χ2n) is 9.53. The maximum atomic E-state index is 13.5. The van der Waals surface area contributed by atoms with E-state index in [4.69, 9.17) is 10.5 Å². The molecule has 0 unspecified atom stereocenters. The molecule has 2 saturated heterocycles. The van der Waals surface area contributed by atoms with Crippen LogP contribution in [0.15, 0.2) is 47.4 Å². The summed E-state index contributed by atoms with van der Waals surface area (Å²) in [6.07, 6.45) is 3.72. The van der Waals surface area contributed by atoms with E-state index in [1.54, 1.807) is 12.1 Å². The van der Waals surface area contributed by atoms with E-state index in [2.05, 4.69) is 13.8 Å². The third-order valence-electron chi connectivity index (χ3n) is 6.99. The molecule has 0 saturated carbocycles. The Morgan fingerprint density at radius 1 is 1.21 bits per heavy atom. The average Bonchev–Trinajstić information content (AvgIpc) is 3.17. The van der Waals surface area contributed by atoms with Crippen LogP contribution < -0.4 is 11.3 Å². The van der Waals surface area contributed by atoms with Crippen LogP contribution in [0.1, 0.15) is 55.1 Å². The summed E-state index contributed by atoms with van der Waals surface area (Å²) in [5.74, 6) is -0.658. The zero-order chi connectivity index (χ0) is 23.8. The molecule has 33 heavy (non-hydrogen) atoms. The molecule has 4 rings (SSSR count). The summed E-state index contributed by atoms with van der Waals surface area (Å²) in [5, 5.41) is 0. The standard InChI is InChI=1S/C25H30FN3O4/c1-16(2)20-12-25(15-33-23(20)17-4-7-19(26)8-5-17)10-3-11-29(25)24(32)18-6-9-22(31)28(13-18)14-21(27)30/h4-9,13,16,20,23H,3,10-12,14-15H2,1-2H3,(H2,27,30)/t20-,23-,25-/m0/s1. The van der Waals surface area contributed by atoms with Crippen molar-refractivity contribution in [3.8, 4) is 0 Å². The number of nitrogens with zero attached hydrogens (tertiary/aromatic N) is 2. The number of amides is 2. The Balaban J connectivity index is 1.61. The van der Waals surface area contributed by atoms with Crippen molar-refractivity contribution in [3.05, 3.63) is 69.9 Å². The van der Waals surface area contributed by atoms with Gasteiger partial charge in [0.2, 0.25) is 5.91 Å². The number of hydrogen-bond acceptors (Lipinski definition) is 4. The molecule has 2 N–H and O–H groups in total. The van der Waals surface area contributed by atoms with Crippen LogP contribution in [0.3, 0.4) is 0 Å². The van der Waals surface area contributed by atoms with Gasteiger partial charge in [-0.2, -0.15) is 0 Å². The lowest BCUT2D eigenvalue weighted by atomic mass is 9.73. The monoisotopic (exact) mass is 455 g/mol. The first kappa shape index (κ1) is 23.2. The fraction of sp³-hybridized carbons (Fsp3) is 0.480. The summed E-state index contributed by atoms with van der Waals surface area (Å²) >= 11 is 0. The van der Waals surface area contributed by atoms with Crippen LogP contribution >= 0.6 is 0 Å². The molecule has 0 bridgehead atoms. The highest BCUT2D eigenvalue weighted by Crippen LogP contribution is 2.48. The molecule has 2 aliphatic heterocycles. The minimum Gasteiger partial charge on any atom is -0.371 e. The van der Waals surface area contributed by atoms with E-state index in [1.807, 2.05) is 4.90 Å². The summed E-state index contributed by atoms with van der Waals surface area (Å²) in [5.41, 5.74) is 5.70. The topological polar surface area (TPSA) is 94.6 Å². The Morgan fingerprint density at radius 2 is 1.94 bits per heavy atom. The highest BCUT2D eigenvalue weighted by Gasteiger charge is 2.50. The SMILES string of the molecule is CC(C)[C@@H]1C[C@@]2(CCCN2C(=O)c2ccc(=O)n(CC(N)=O)c2)CO[C@H]1c1ccc(F)cc1. The van der Waals surface area contributed by atoms with Crippen molar-refractivity contribution in [2.75, 3.05) is 13.2 Å². The van der Waals surface area contributed by atoms with Gasteiger partial charge in [-0.1, -0.05) is 26.0 Å². The van der Waals surface area contributed by atoms with Crippen molar-refractivity contribution in [3.63, 3.8) is 0 Å². The molecule has 7 nitrogen and oxygen atoms in total. The lowest BCUT2D eigenvalue weighted by molar-refractivity contribution is -0.118. The van der Waals surface area contributed by atoms with Gasteiger partial charge >= 0.3 is 0 Å². The van der Waals surface area contributed by atoms with Gasteiger partial charge in [-0.15, -0.1) is 0 Å². The minimum absolute atomic E-state index is 0.154. The zero-order valence-corrected chi connectivity index (χ0v) is 19.0. The molecule has 1 aromatic heterocycles. The first-order valence-corrected chi connectivity index (χ1v) is 11.4. The van der Waals surface area contributed by atoms with Crippen LogP contribution in [0.4, 0.5) is 4.39 Å². The van der Waals surface area contributed by atoms with Gasteiger partial charge in [0, 0.05) is 18.8 Å². The van der Waals surface area contributed by atoms with Gasteiger partial charge in [-0.3, -0.25) is 14.4 Å². The Labute approximate surface area is 192 Å². The van der Waals surface area contributed by atoms with Crippen LogP contribution in [0.5, 0.6) is 0 Å². The molecule has 2 fully saturated rings. The molecule has 0 aliphatic carbocycles. The molecule has 8 heteroatoms. The number of carbonyl (C=O) groups excluding carboxylic acids is 2. The summed E-state index contributed by atoms with van der Waals surface area (Å²) in [6, 6.07) is 9.23. The van der Waals surface area contributed by atoms with Crippen molar-refractivity contribution in [2.24, 2.45) is 17.6 Å². The molecule has 2 aliphatic rings. The Hall–Kier alpha value is -3.00. The summed E-state index contributed by atoms with van der Waals surface area (Å²) in [4.78, 5) is 38.7. The van der Waals surface area contributed by atoms with Crippen molar-refractivity contribution in [2.45, 2.75) is 51.3 Å². The van der Waals surface area contributed by atoms with Crippen LogP contribution in [-0.4, -0.2) is 40.0 Å². The Bertz CT molecular complexity index is 1100. The van der Waals surface area contributed by atoms with E-state index in [1.165, 1.54) is 30.5 Å². The van der Waals surface area contributed by atoms with Crippen LogP contribution in [-0.2, 0) is 16.1 Å². The van der Waals surface area contributed by atoms with Gasteiger partial charge in [-0.25, -0.2) is 4.39 Å². The van der Waals surface area contributed by atoms with E-state index in [9.17, 15) is 18.8 Å². The maximum absolute atomic E-state index is 13.5. The van der Waals surface area contributed by atoms with E-state index in [0.717, 1.165) is 29.4 Å². The van der Waals surface area contributed by atoms with E-state index < -0.39 is 11.4 Å². The van der Waals surface area contributed by atoms with Crippen molar-refractivity contribution < 1.29 is 18.7 Å². The number of ether oxygens (including phenoxy) is 1. The molecule has 1 spiro atoms. The fourth-order valence-electron chi connectivity index (χ4n) is 5.28. The maximum Gasteiger partial charge on any atom is 0.255 e. The number of hydrogen-bond donors (Lipinski definition) is 1. The number of rotatable bonds is 5. The summed E-state index contributed by atoms with van der Waals surface area (Å²) in [7, 11) is 0. The van der Waals surface area contributed by atoms with Crippen molar-refractivity contribution >= 4 is 11.8 Å². The molecule has 1 aromatic carbocycles. The number of aromatic nitrogens is 1. The molecular weight excluding hydrogens is 425 g/mol. The third kappa shape index (κ3) is 4.57. The highest BCUT2D eigenvalue weighted by molar-refractivity contribution is 5.94. The normalized spacial score (nSPS) is 25.0. The predicted molar refractivity (Wildman–Crippen MR) is 121 cm³/mol. The summed E-state index contributed by atoms with van der Waals surface area (Å²) < 4.78 is 21.0. The van der Waals surface area contributed by atoms with Crippen LogP contribution in [0, 0.1) is 17.7 Å². The highest BCUT2D eigenvalue weighted by atomic mass is 19.1. The average molecular weight is 456 g/mol. The lowest BCUT2D eigenvalue weighted by Crippen LogP contribution is -2.55.